The van der Waals surface area contributed by atoms with Crippen LogP contribution in [0.15, 0.2) is 72.8 Å². The molecule has 1 N–H and O–H groups in total. The van der Waals surface area contributed by atoms with Crippen LogP contribution in [0.5, 0.6) is 0 Å². The van der Waals surface area contributed by atoms with Gasteiger partial charge in [-0.25, -0.2) is 0 Å². The number of ketones is 1. The molecule has 0 spiro atoms. The van der Waals surface area contributed by atoms with Crippen molar-refractivity contribution in [2.75, 3.05) is 13.6 Å². The quantitative estimate of drug-likeness (QED) is 0.391. The molecule has 32 heavy (non-hydrogen) atoms. The highest BCUT2D eigenvalue weighted by atomic mass is 35.5. The van der Waals surface area contributed by atoms with Crippen LogP contribution >= 0.6 is 11.6 Å². The topological polar surface area (TPSA) is 54.0 Å². The fourth-order valence-electron chi connectivity index (χ4n) is 3.91. The van der Waals surface area contributed by atoms with Gasteiger partial charge in [0, 0.05) is 30.2 Å². The lowest BCUT2D eigenvalue weighted by Gasteiger charge is -2.17. The van der Waals surface area contributed by atoms with E-state index in [-0.39, 0.29) is 12.3 Å². The fourth-order valence-corrected chi connectivity index (χ4v) is 4.03. The van der Waals surface area contributed by atoms with Crippen molar-refractivity contribution in [2.24, 2.45) is 0 Å². The fraction of sp³-hybridized carbons (Fsp3) is 0.231. The van der Waals surface area contributed by atoms with Crippen LogP contribution in [0.3, 0.4) is 0 Å². The first-order valence-electron chi connectivity index (χ1n) is 10.7. The van der Waals surface area contributed by atoms with Crippen molar-refractivity contribution in [3.63, 3.8) is 0 Å². The number of likely N-dealkylation sites (N-methyl/N-ethyl adjacent to an activating group) is 1. The molecule has 1 heterocycles. The van der Waals surface area contributed by atoms with Gasteiger partial charge in [-0.15, -0.1) is 0 Å². The number of rotatable bonds is 8. The van der Waals surface area contributed by atoms with Gasteiger partial charge >= 0.3 is 0 Å². The zero-order valence-corrected chi connectivity index (χ0v) is 19.1. The summed E-state index contributed by atoms with van der Waals surface area (Å²) in [5, 5.41) is 9.39. The van der Waals surface area contributed by atoms with Gasteiger partial charge in [0.25, 0.3) is 0 Å². The summed E-state index contributed by atoms with van der Waals surface area (Å²) < 4.78 is 3.77. The first-order chi connectivity index (χ1) is 15.4. The number of aryl methyl sites for hydroxylation is 1. The van der Waals surface area contributed by atoms with Crippen LogP contribution in [0.25, 0.3) is 11.0 Å². The molecule has 6 heteroatoms. The Balaban J connectivity index is 1.54. The minimum Gasteiger partial charge on any atom is -0.309 e. The molecule has 0 aliphatic rings. The van der Waals surface area contributed by atoms with E-state index in [9.17, 15) is 4.79 Å². The van der Waals surface area contributed by atoms with Gasteiger partial charge in [-0.05, 0) is 55.9 Å². The number of aromatic nitrogens is 2. The SMILES string of the molecule is Cc1ccc(CN(C)CCn2c(=N)n(CC(=O)c3ccc(Cl)cc3)c3ccccc32)cc1. The van der Waals surface area contributed by atoms with Gasteiger partial charge in [-0.1, -0.05) is 53.6 Å². The van der Waals surface area contributed by atoms with Crippen LogP contribution < -0.4 is 5.62 Å². The standard InChI is InChI=1S/C26H27ClN4O/c1-19-7-9-20(10-8-19)17-29(2)15-16-30-23-5-3-4-6-24(23)31(26(30)28)18-25(32)21-11-13-22(27)14-12-21/h3-14,28H,15-18H2,1-2H3. The van der Waals surface area contributed by atoms with Crippen LogP contribution in [0, 0.1) is 12.3 Å². The van der Waals surface area contributed by atoms with E-state index in [0.29, 0.717) is 22.7 Å². The molecule has 0 bridgehead atoms. The highest BCUT2D eigenvalue weighted by Crippen LogP contribution is 2.15. The van der Waals surface area contributed by atoms with Crippen molar-refractivity contribution in [2.45, 2.75) is 26.6 Å². The van der Waals surface area contributed by atoms with Gasteiger partial charge in [0.1, 0.15) is 0 Å². The minimum atomic E-state index is -0.0421. The number of carbonyl (C=O) groups excluding carboxylic acids is 1. The van der Waals surface area contributed by atoms with Crippen LogP contribution in [-0.2, 0) is 19.6 Å². The lowest BCUT2D eigenvalue weighted by molar-refractivity contribution is 0.0971. The Hall–Kier alpha value is -3.15. The predicted octanol–water partition coefficient (Wildman–Crippen LogP) is 4.90. The van der Waals surface area contributed by atoms with Crippen molar-refractivity contribution in [1.82, 2.24) is 14.0 Å². The third-order valence-corrected chi connectivity index (χ3v) is 5.97. The average molecular weight is 447 g/mol. The van der Waals surface area contributed by atoms with Crippen molar-refractivity contribution < 1.29 is 4.79 Å². The van der Waals surface area contributed by atoms with Gasteiger partial charge in [0.2, 0.25) is 5.62 Å². The Bertz CT molecular complexity index is 1290. The third-order valence-electron chi connectivity index (χ3n) is 5.72. The number of fused-ring (bicyclic) bond motifs is 1. The van der Waals surface area contributed by atoms with E-state index >= 15 is 0 Å². The van der Waals surface area contributed by atoms with E-state index in [1.807, 2.05) is 28.8 Å². The molecule has 164 valence electrons. The molecule has 0 amide bonds. The molecule has 4 rings (SSSR count). The first kappa shape index (κ1) is 22.1. The van der Waals surface area contributed by atoms with Crippen LogP contribution in [-0.4, -0.2) is 33.4 Å². The second-order valence-corrected chi connectivity index (χ2v) is 8.64. The van der Waals surface area contributed by atoms with Gasteiger partial charge in [0.05, 0.1) is 17.6 Å². The Morgan fingerprint density at radius 1 is 0.938 bits per heavy atom. The molecule has 0 aliphatic heterocycles. The summed E-state index contributed by atoms with van der Waals surface area (Å²) in [6.07, 6.45) is 0. The monoisotopic (exact) mass is 446 g/mol. The highest BCUT2D eigenvalue weighted by Gasteiger charge is 2.15. The van der Waals surface area contributed by atoms with E-state index in [4.69, 9.17) is 17.0 Å². The molecular formula is C26H27ClN4O. The highest BCUT2D eigenvalue weighted by molar-refractivity contribution is 6.30. The molecule has 0 saturated carbocycles. The van der Waals surface area contributed by atoms with Crippen LogP contribution in [0.4, 0.5) is 0 Å². The lowest BCUT2D eigenvalue weighted by atomic mass is 10.1. The van der Waals surface area contributed by atoms with Gasteiger partial charge in [-0.2, -0.15) is 0 Å². The number of Topliss-reactive ketones (excluding diaryl/α,β-unsaturated/α-hetero) is 1. The number of hydrogen-bond donors (Lipinski definition) is 1. The van der Waals surface area contributed by atoms with Crippen LogP contribution in [0.2, 0.25) is 5.02 Å². The van der Waals surface area contributed by atoms with Crippen molar-refractivity contribution >= 4 is 28.4 Å². The minimum absolute atomic E-state index is 0.0421. The van der Waals surface area contributed by atoms with Crippen molar-refractivity contribution in [3.8, 4) is 0 Å². The Labute approximate surface area is 193 Å². The molecule has 0 fully saturated rings. The summed E-state index contributed by atoms with van der Waals surface area (Å²) in [7, 11) is 2.09. The van der Waals surface area contributed by atoms with Gasteiger partial charge in [0.15, 0.2) is 5.78 Å². The predicted molar refractivity (Wildman–Crippen MR) is 129 cm³/mol. The molecule has 0 unspecified atom stereocenters. The molecule has 4 aromatic rings. The molecule has 0 saturated heterocycles. The summed E-state index contributed by atoms with van der Waals surface area (Å²) in [4.78, 5) is 15.1. The molecule has 0 aliphatic carbocycles. The van der Waals surface area contributed by atoms with E-state index in [1.165, 1.54) is 11.1 Å². The summed E-state index contributed by atoms with van der Waals surface area (Å²) in [5.41, 5.74) is 5.30. The molecule has 0 atom stereocenters. The lowest BCUT2D eigenvalue weighted by Crippen LogP contribution is -2.31. The van der Waals surface area contributed by atoms with Crippen molar-refractivity contribution in [1.29, 1.82) is 5.41 Å². The van der Waals surface area contributed by atoms with E-state index in [0.717, 1.165) is 24.1 Å². The zero-order chi connectivity index (χ0) is 22.7. The summed E-state index contributed by atoms with van der Waals surface area (Å²) in [5.74, 6) is -0.0421. The largest absolute Gasteiger partial charge is 0.309 e. The average Bonchev–Trinajstić information content (AvgIpc) is 3.05. The summed E-state index contributed by atoms with van der Waals surface area (Å²) >= 11 is 5.95. The Morgan fingerprint density at radius 2 is 1.56 bits per heavy atom. The number of halogens is 1. The number of carbonyl (C=O) groups is 1. The maximum Gasteiger partial charge on any atom is 0.203 e. The second kappa shape index (κ2) is 9.55. The summed E-state index contributed by atoms with van der Waals surface area (Å²) in [6, 6.07) is 23.4. The normalized spacial score (nSPS) is 11.4. The van der Waals surface area contributed by atoms with Gasteiger partial charge < -0.3 is 14.0 Å². The van der Waals surface area contributed by atoms with E-state index in [2.05, 4.69) is 43.1 Å². The number of nitrogens with one attached hydrogen (secondary N) is 1. The maximum absolute atomic E-state index is 12.9. The smallest absolute Gasteiger partial charge is 0.203 e. The number of nitrogens with zero attached hydrogens (tertiary/aromatic N) is 3. The third kappa shape index (κ3) is 4.85. The molecule has 5 nitrogen and oxygen atoms in total. The number of hydrogen-bond acceptors (Lipinski definition) is 3. The van der Waals surface area contributed by atoms with Crippen molar-refractivity contribution in [3.05, 3.63) is 100 Å². The number of imidazole rings is 1. The van der Waals surface area contributed by atoms with Crippen LogP contribution in [0.1, 0.15) is 21.5 Å². The number of benzene rings is 3. The number of para-hydroxylation sites is 2. The van der Waals surface area contributed by atoms with E-state index < -0.39 is 0 Å². The van der Waals surface area contributed by atoms with Gasteiger partial charge in [-0.3, -0.25) is 10.2 Å². The summed E-state index contributed by atoms with van der Waals surface area (Å²) in [6.45, 7) is 4.52. The Kier molecular flexibility index (Phi) is 6.58. The van der Waals surface area contributed by atoms with E-state index in [1.54, 1.807) is 28.8 Å². The molecular weight excluding hydrogens is 420 g/mol. The molecule has 3 aromatic carbocycles. The zero-order valence-electron chi connectivity index (χ0n) is 18.4. The second-order valence-electron chi connectivity index (χ2n) is 8.20. The molecule has 1 aromatic heterocycles. The molecule has 0 radical (unpaired) electrons. The first-order valence-corrected chi connectivity index (χ1v) is 11.1. The Morgan fingerprint density at radius 3 is 2.22 bits per heavy atom. The maximum atomic E-state index is 12.9.